The lowest BCUT2D eigenvalue weighted by Gasteiger charge is -1.99. The number of rotatable bonds is 4. The van der Waals surface area contributed by atoms with E-state index in [1.165, 1.54) is 23.1 Å². The van der Waals surface area contributed by atoms with Crippen LogP contribution in [0.5, 0.6) is 0 Å². The molecule has 3 aromatic rings. The van der Waals surface area contributed by atoms with Crippen molar-refractivity contribution in [2.45, 2.75) is 13.3 Å². The van der Waals surface area contributed by atoms with Gasteiger partial charge in [0.15, 0.2) is 5.13 Å². The molecular formula is C15H13N3O2S. The van der Waals surface area contributed by atoms with Gasteiger partial charge in [-0.1, -0.05) is 35.0 Å². The van der Waals surface area contributed by atoms with E-state index in [0.717, 1.165) is 11.3 Å². The zero-order valence-corrected chi connectivity index (χ0v) is 12.2. The first kappa shape index (κ1) is 13.5. The zero-order valence-electron chi connectivity index (χ0n) is 11.4. The molecule has 2 aromatic heterocycles. The Balaban J connectivity index is 1.67. The number of hydrogen-bond donors (Lipinski definition) is 1. The minimum atomic E-state index is -0.170. The van der Waals surface area contributed by atoms with Gasteiger partial charge in [0.2, 0.25) is 5.91 Å². The highest BCUT2D eigenvalue weighted by Crippen LogP contribution is 2.25. The first-order chi connectivity index (χ1) is 10.2. The number of benzene rings is 1. The molecule has 0 radical (unpaired) electrons. The van der Waals surface area contributed by atoms with Gasteiger partial charge in [-0.15, -0.1) is 11.3 Å². The fraction of sp³-hybridized carbons (Fsp3) is 0.133. The van der Waals surface area contributed by atoms with Gasteiger partial charge in [0.05, 0.1) is 18.3 Å². The molecule has 5 nitrogen and oxygen atoms in total. The van der Waals surface area contributed by atoms with Gasteiger partial charge >= 0.3 is 0 Å². The molecule has 1 N–H and O–H groups in total. The molecule has 6 heteroatoms. The number of thiazole rings is 1. The van der Waals surface area contributed by atoms with E-state index in [2.05, 4.69) is 15.5 Å². The number of nitrogens with one attached hydrogen (secondary N) is 1. The highest BCUT2D eigenvalue weighted by molar-refractivity contribution is 7.14. The van der Waals surface area contributed by atoms with E-state index in [1.54, 1.807) is 6.07 Å². The standard InChI is InChI=1S/C15H13N3O2S/c1-10-2-4-11(5-3-10)13-9-21-15(17-13)18-14(19)8-12-6-7-16-20-12/h2-7,9H,8H2,1H3,(H,17,18,19). The highest BCUT2D eigenvalue weighted by atomic mass is 32.1. The molecule has 0 spiro atoms. The number of aryl methyl sites for hydroxylation is 1. The molecule has 0 bridgehead atoms. The minimum Gasteiger partial charge on any atom is -0.361 e. The molecule has 3 rings (SSSR count). The summed E-state index contributed by atoms with van der Waals surface area (Å²) in [5.74, 6) is 0.361. The third-order valence-electron chi connectivity index (χ3n) is 2.92. The first-order valence-electron chi connectivity index (χ1n) is 6.43. The van der Waals surface area contributed by atoms with Crippen molar-refractivity contribution in [1.82, 2.24) is 10.1 Å². The van der Waals surface area contributed by atoms with Crippen LogP contribution >= 0.6 is 11.3 Å². The number of nitrogens with zero attached hydrogens (tertiary/aromatic N) is 2. The maximum absolute atomic E-state index is 11.8. The summed E-state index contributed by atoms with van der Waals surface area (Å²) in [5.41, 5.74) is 3.09. The van der Waals surface area contributed by atoms with E-state index in [1.807, 2.05) is 36.6 Å². The number of anilines is 1. The summed E-state index contributed by atoms with van der Waals surface area (Å²) >= 11 is 1.40. The normalized spacial score (nSPS) is 10.5. The molecule has 0 fully saturated rings. The fourth-order valence-corrected chi connectivity index (χ4v) is 2.58. The molecular weight excluding hydrogens is 286 g/mol. The van der Waals surface area contributed by atoms with E-state index in [4.69, 9.17) is 4.52 Å². The van der Waals surface area contributed by atoms with Gasteiger partial charge < -0.3 is 9.84 Å². The third kappa shape index (κ3) is 3.35. The molecule has 106 valence electrons. The van der Waals surface area contributed by atoms with Crippen molar-refractivity contribution in [3.8, 4) is 11.3 Å². The van der Waals surface area contributed by atoms with Crippen molar-refractivity contribution in [2.24, 2.45) is 0 Å². The lowest BCUT2D eigenvalue weighted by atomic mass is 10.1. The quantitative estimate of drug-likeness (QED) is 0.802. The smallest absolute Gasteiger partial charge is 0.233 e. The fourth-order valence-electron chi connectivity index (χ4n) is 1.84. The summed E-state index contributed by atoms with van der Waals surface area (Å²) in [7, 11) is 0. The lowest BCUT2D eigenvalue weighted by Crippen LogP contribution is -2.13. The Morgan fingerprint density at radius 1 is 1.29 bits per heavy atom. The van der Waals surface area contributed by atoms with Crippen LogP contribution in [0.1, 0.15) is 11.3 Å². The Morgan fingerprint density at radius 2 is 2.10 bits per heavy atom. The van der Waals surface area contributed by atoms with E-state index >= 15 is 0 Å². The van der Waals surface area contributed by atoms with Crippen LogP contribution in [0.2, 0.25) is 0 Å². The van der Waals surface area contributed by atoms with Crippen molar-refractivity contribution in [2.75, 3.05) is 5.32 Å². The largest absolute Gasteiger partial charge is 0.361 e. The predicted octanol–water partition coefficient (Wildman–Crippen LogP) is 3.29. The summed E-state index contributed by atoms with van der Waals surface area (Å²) < 4.78 is 4.90. The first-order valence-corrected chi connectivity index (χ1v) is 7.30. The second-order valence-corrected chi connectivity index (χ2v) is 5.47. The Labute approximate surface area is 125 Å². The van der Waals surface area contributed by atoms with E-state index in [9.17, 15) is 4.79 Å². The summed E-state index contributed by atoms with van der Waals surface area (Å²) in [6.07, 6.45) is 1.67. The number of carbonyl (C=O) groups excluding carboxylic acids is 1. The average Bonchev–Trinajstić information content (AvgIpc) is 3.11. The Bertz CT molecular complexity index is 733. The van der Waals surface area contributed by atoms with Crippen LogP contribution in [0.4, 0.5) is 5.13 Å². The number of aromatic nitrogens is 2. The topological polar surface area (TPSA) is 68.0 Å². The third-order valence-corrected chi connectivity index (χ3v) is 3.68. The SMILES string of the molecule is Cc1ccc(-c2csc(NC(=O)Cc3ccno3)n2)cc1. The van der Waals surface area contributed by atoms with Crippen LogP contribution in [-0.4, -0.2) is 16.0 Å². The molecule has 2 heterocycles. The molecule has 1 aromatic carbocycles. The summed E-state index contributed by atoms with van der Waals surface area (Å²) in [6.45, 7) is 2.04. The van der Waals surface area contributed by atoms with Gasteiger partial charge in [0.1, 0.15) is 5.76 Å². The number of carbonyl (C=O) groups is 1. The van der Waals surface area contributed by atoms with Crippen LogP contribution in [0.15, 0.2) is 46.4 Å². The van der Waals surface area contributed by atoms with Crippen LogP contribution in [0, 0.1) is 6.92 Å². The summed E-state index contributed by atoms with van der Waals surface area (Å²) in [5, 5.41) is 8.83. The molecule has 0 unspecified atom stereocenters. The van der Waals surface area contributed by atoms with Gasteiger partial charge in [-0.2, -0.15) is 0 Å². The van der Waals surface area contributed by atoms with Gasteiger partial charge in [-0.05, 0) is 6.92 Å². The van der Waals surface area contributed by atoms with Crippen LogP contribution in [-0.2, 0) is 11.2 Å². The lowest BCUT2D eigenvalue weighted by molar-refractivity contribution is -0.115. The molecule has 21 heavy (non-hydrogen) atoms. The molecule has 0 aliphatic heterocycles. The molecule has 1 amide bonds. The van der Waals surface area contributed by atoms with Crippen molar-refractivity contribution in [3.63, 3.8) is 0 Å². The van der Waals surface area contributed by atoms with Gasteiger partial charge in [-0.25, -0.2) is 4.98 Å². The molecule has 0 saturated heterocycles. The second kappa shape index (κ2) is 5.88. The number of hydrogen-bond acceptors (Lipinski definition) is 5. The zero-order chi connectivity index (χ0) is 14.7. The number of amides is 1. The van der Waals surface area contributed by atoms with Crippen LogP contribution in [0.25, 0.3) is 11.3 Å². The Hall–Kier alpha value is -2.47. The summed E-state index contributed by atoms with van der Waals surface area (Å²) in [6, 6.07) is 9.78. The van der Waals surface area contributed by atoms with Crippen molar-refractivity contribution >= 4 is 22.4 Å². The molecule has 0 aliphatic carbocycles. The van der Waals surface area contributed by atoms with Gasteiger partial charge in [0.25, 0.3) is 0 Å². The average molecular weight is 299 g/mol. The molecule has 0 aliphatic rings. The predicted molar refractivity (Wildman–Crippen MR) is 81.1 cm³/mol. The molecule has 0 atom stereocenters. The summed E-state index contributed by atoms with van der Waals surface area (Å²) in [4.78, 5) is 16.3. The van der Waals surface area contributed by atoms with Gasteiger partial charge in [0, 0.05) is 17.0 Å². The van der Waals surface area contributed by atoms with Crippen molar-refractivity contribution in [1.29, 1.82) is 0 Å². The Morgan fingerprint density at radius 3 is 2.81 bits per heavy atom. The maximum atomic E-state index is 11.8. The van der Waals surface area contributed by atoms with Crippen LogP contribution in [0.3, 0.4) is 0 Å². The monoisotopic (exact) mass is 299 g/mol. The molecule has 0 saturated carbocycles. The minimum absolute atomic E-state index is 0.152. The second-order valence-electron chi connectivity index (χ2n) is 4.61. The van der Waals surface area contributed by atoms with Crippen molar-refractivity contribution < 1.29 is 9.32 Å². The van der Waals surface area contributed by atoms with Gasteiger partial charge in [-0.3, -0.25) is 4.79 Å². The Kier molecular flexibility index (Phi) is 3.79. The van der Waals surface area contributed by atoms with E-state index in [-0.39, 0.29) is 12.3 Å². The van der Waals surface area contributed by atoms with Crippen LogP contribution < -0.4 is 5.32 Å². The van der Waals surface area contributed by atoms with E-state index in [0.29, 0.717) is 10.9 Å². The van der Waals surface area contributed by atoms with E-state index < -0.39 is 0 Å². The highest BCUT2D eigenvalue weighted by Gasteiger charge is 2.10. The maximum Gasteiger partial charge on any atom is 0.233 e. The van der Waals surface area contributed by atoms with Crippen molar-refractivity contribution in [3.05, 3.63) is 53.2 Å².